The first-order valence-electron chi connectivity index (χ1n) is 8.25. The van der Waals surface area contributed by atoms with Crippen LogP contribution in [0.15, 0.2) is 54.6 Å². The van der Waals surface area contributed by atoms with Crippen LogP contribution >= 0.6 is 0 Å². The number of hydrogen-bond donors (Lipinski definition) is 0. The Morgan fingerprint density at radius 1 is 1.14 bits per heavy atom. The van der Waals surface area contributed by atoms with E-state index in [1.54, 1.807) is 12.2 Å². The number of ketones is 1. The SMILES string of the molecule is CCCCC/C=C/C(=O)/C=C/C[C@H](C)OCc1ccccc1. The number of carbonyl (C=O) groups is 1. The summed E-state index contributed by atoms with van der Waals surface area (Å²) in [6, 6.07) is 10.1. The van der Waals surface area contributed by atoms with Crippen molar-refractivity contribution in [3.05, 3.63) is 60.2 Å². The molecule has 0 saturated carbocycles. The maximum atomic E-state index is 11.6. The molecule has 0 spiro atoms. The first-order valence-corrected chi connectivity index (χ1v) is 8.25. The Morgan fingerprint density at radius 3 is 2.59 bits per heavy atom. The molecule has 1 atom stereocenters. The summed E-state index contributed by atoms with van der Waals surface area (Å²) in [5.74, 6) is 0.0618. The highest BCUT2D eigenvalue weighted by Crippen LogP contribution is 2.06. The first-order chi connectivity index (χ1) is 10.7. The summed E-state index contributed by atoms with van der Waals surface area (Å²) in [6.45, 7) is 4.82. The predicted molar refractivity (Wildman–Crippen MR) is 92.7 cm³/mol. The van der Waals surface area contributed by atoms with E-state index >= 15 is 0 Å². The highest BCUT2D eigenvalue weighted by molar-refractivity contribution is 5.99. The van der Waals surface area contributed by atoms with E-state index in [4.69, 9.17) is 4.74 Å². The zero-order valence-corrected chi connectivity index (χ0v) is 13.8. The van der Waals surface area contributed by atoms with E-state index in [1.165, 1.54) is 18.4 Å². The molecule has 0 saturated heterocycles. The third kappa shape index (κ3) is 9.30. The normalized spacial score (nSPS) is 13.0. The average Bonchev–Trinajstić information content (AvgIpc) is 2.54. The fourth-order valence-corrected chi connectivity index (χ4v) is 2.02. The lowest BCUT2D eigenvalue weighted by Gasteiger charge is -2.10. The minimum Gasteiger partial charge on any atom is -0.374 e. The van der Waals surface area contributed by atoms with Crippen LogP contribution in [0.25, 0.3) is 0 Å². The van der Waals surface area contributed by atoms with Crippen LogP contribution < -0.4 is 0 Å². The summed E-state index contributed by atoms with van der Waals surface area (Å²) in [6.07, 6.45) is 12.6. The van der Waals surface area contributed by atoms with Gasteiger partial charge < -0.3 is 4.74 Å². The van der Waals surface area contributed by atoms with Crippen LogP contribution in [0.2, 0.25) is 0 Å². The molecule has 2 heteroatoms. The van der Waals surface area contributed by atoms with Crippen LogP contribution in [0.3, 0.4) is 0 Å². The van der Waals surface area contributed by atoms with Crippen molar-refractivity contribution < 1.29 is 9.53 Å². The van der Waals surface area contributed by atoms with Crippen molar-refractivity contribution in [2.45, 2.75) is 58.7 Å². The van der Waals surface area contributed by atoms with Crippen LogP contribution in [-0.4, -0.2) is 11.9 Å². The number of carbonyl (C=O) groups excluding carboxylic acids is 1. The Morgan fingerprint density at radius 2 is 1.86 bits per heavy atom. The van der Waals surface area contributed by atoms with E-state index in [0.29, 0.717) is 6.61 Å². The van der Waals surface area contributed by atoms with Crippen molar-refractivity contribution >= 4 is 5.78 Å². The van der Waals surface area contributed by atoms with Crippen LogP contribution in [0, 0.1) is 0 Å². The van der Waals surface area contributed by atoms with Gasteiger partial charge in [-0.25, -0.2) is 0 Å². The van der Waals surface area contributed by atoms with E-state index in [1.807, 2.05) is 37.3 Å². The van der Waals surface area contributed by atoms with Crippen molar-refractivity contribution in [2.75, 3.05) is 0 Å². The maximum absolute atomic E-state index is 11.6. The summed E-state index contributed by atoms with van der Waals surface area (Å²) in [5, 5.41) is 0. The summed E-state index contributed by atoms with van der Waals surface area (Å²) < 4.78 is 5.75. The molecule has 0 N–H and O–H groups in total. The summed E-state index contributed by atoms with van der Waals surface area (Å²) in [7, 11) is 0. The van der Waals surface area contributed by atoms with Gasteiger partial charge in [0.1, 0.15) is 0 Å². The zero-order valence-electron chi connectivity index (χ0n) is 13.8. The Kier molecular flexibility index (Phi) is 9.97. The number of rotatable bonds is 11. The molecule has 2 nitrogen and oxygen atoms in total. The van der Waals surface area contributed by atoms with Gasteiger partial charge in [0.05, 0.1) is 12.7 Å². The molecule has 0 aromatic heterocycles. The van der Waals surface area contributed by atoms with E-state index < -0.39 is 0 Å². The average molecular weight is 300 g/mol. The standard InChI is InChI=1S/C20H28O2/c1-3-4-5-6-10-15-20(21)16-11-12-18(2)22-17-19-13-8-7-9-14-19/h7-11,13-16,18H,3-6,12,17H2,1-2H3/b15-10+,16-11+/t18-/m0/s1. The molecule has 1 rings (SSSR count). The molecular formula is C20H28O2. The summed E-state index contributed by atoms with van der Waals surface area (Å²) in [5.41, 5.74) is 1.17. The molecule has 0 amide bonds. The van der Waals surface area contributed by atoms with Gasteiger partial charge in [-0.2, -0.15) is 0 Å². The molecule has 0 fully saturated rings. The molecule has 0 heterocycles. The van der Waals surface area contributed by atoms with Gasteiger partial charge in [-0.15, -0.1) is 0 Å². The minimum atomic E-state index is 0.0618. The van der Waals surface area contributed by atoms with E-state index in [-0.39, 0.29) is 11.9 Å². The van der Waals surface area contributed by atoms with Crippen molar-refractivity contribution in [3.8, 4) is 0 Å². The van der Waals surface area contributed by atoms with E-state index in [9.17, 15) is 4.79 Å². The lowest BCUT2D eigenvalue weighted by Crippen LogP contribution is -2.06. The van der Waals surface area contributed by atoms with Gasteiger partial charge in [-0.3, -0.25) is 4.79 Å². The largest absolute Gasteiger partial charge is 0.374 e. The molecule has 0 radical (unpaired) electrons. The highest BCUT2D eigenvalue weighted by atomic mass is 16.5. The Bertz CT molecular complexity index is 460. The van der Waals surface area contributed by atoms with Gasteiger partial charge in [0, 0.05) is 0 Å². The van der Waals surface area contributed by atoms with E-state index in [2.05, 4.69) is 19.1 Å². The van der Waals surface area contributed by atoms with Gasteiger partial charge in [0.25, 0.3) is 0 Å². The second-order valence-corrected chi connectivity index (χ2v) is 5.55. The topological polar surface area (TPSA) is 26.3 Å². The van der Waals surface area contributed by atoms with Gasteiger partial charge in [0.15, 0.2) is 5.78 Å². The number of hydrogen-bond acceptors (Lipinski definition) is 2. The molecule has 0 unspecified atom stereocenters. The fraction of sp³-hybridized carbons (Fsp3) is 0.450. The summed E-state index contributed by atoms with van der Waals surface area (Å²) >= 11 is 0. The maximum Gasteiger partial charge on any atom is 0.178 e. The third-order valence-electron chi connectivity index (χ3n) is 3.38. The van der Waals surface area contributed by atoms with Gasteiger partial charge in [-0.05, 0) is 43.9 Å². The number of unbranched alkanes of at least 4 members (excludes halogenated alkanes) is 3. The second-order valence-electron chi connectivity index (χ2n) is 5.55. The van der Waals surface area contributed by atoms with Gasteiger partial charge >= 0.3 is 0 Å². The number of benzene rings is 1. The molecule has 120 valence electrons. The van der Waals surface area contributed by atoms with Crippen molar-refractivity contribution in [1.29, 1.82) is 0 Å². The monoisotopic (exact) mass is 300 g/mol. The van der Waals surface area contributed by atoms with Crippen molar-refractivity contribution in [3.63, 3.8) is 0 Å². The third-order valence-corrected chi connectivity index (χ3v) is 3.38. The molecule has 0 aliphatic rings. The Hall–Kier alpha value is -1.67. The Labute approximate surface area is 134 Å². The van der Waals surface area contributed by atoms with Crippen molar-refractivity contribution in [1.82, 2.24) is 0 Å². The number of ether oxygens (including phenoxy) is 1. The number of allylic oxidation sites excluding steroid dienone is 3. The van der Waals surface area contributed by atoms with Gasteiger partial charge in [-0.1, -0.05) is 62.2 Å². The second kappa shape index (κ2) is 11.9. The summed E-state index contributed by atoms with van der Waals surface area (Å²) in [4.78, 5) is 11.6. The molecule has 22 heavy (non-hydrogen) atoms. The van der Waals surface area contributed by atoms with Crippen LogP contribution in [0.1, 0.15) is 51.5 Å². The van der Waals surface area contributed by atoms with Crippen LogP contribution in [0.4, 0.5) is 0 Å². The molecule has 0 bridgehead atoms. The van der Waals surface area contributed by atoms with E-state index in [0.717, 1.165) is 19.3 Å². The molecule has 1 aromatic rings. The molecular weight excluding hydrogens is 272 g/mol. The van der Waals surface area contributed by atoms with Crippen LogP contribution in [-0.2, 0) is 16.1 Å². The highest BCUT2D eigenvalue weighted by Gasteiger charge is 2.00. The predicted octanol–water partition coefficient (Wildman–Crippen LogP) is 5.24. The quantitative estimate of drug-likeness (QED) is 0.412. The fourth-order valence-electron chi connectivity index (χ4n) is 2.02. The van der Waals surface area contributed by atoms with Crippen molar-refractivity contribution in [2.24, 2.45) is 0 Å². The van der Waals surface area contributed by atoms with Crippen LogP contribution in [0.5, 0.6) is 0 Å². The lowest BCUT2D eigenvalue weighted by molar-refractivity contribution is -0.110. The minimum absolute atomic E-state index is 0.0618. The smallest absolute Gasteiger partial charge is 0.178 e. The van der Waals surface area contributed by atoms with Gasteiger partial charge in [0.2, 0.25) is 0 Å². The first kappa shape index (κ1) is 18.4. The molecule has 0 aliphatic heterocycles. The lowest BCUT2D eigenvalue weighted by atomic mass is 10.2. The molecule has 1 aromatic carbocycles. The molecule has 0 aliphatic carbocycles. The Balaban J connectivity index is 2.16. The zero-order chi connectivity index (χ0) is 16.0.